The Balaban J connectivity index is 2.60. The van der Waals surface area contributed by atoms with Crippen LogP contribution in [-0.4, -0.2) is 27.3 Å². The Hall–Kier alpha value is -1.01. The van der Waals surface area contributed by atoms with Crippen molar-refractivity contribution in [3.05, 3.63) is 39.9 Å². The Kier molecular flexibility index (Phi) is 5.22. The van der Waals surface area contributed by atoms with E-state index in [1.165, 1.54) is 17.7 Å². The zero-order chi connectivity index (χ0) is 16.5. The summed E-state index contributed by atoms with van der Waals surface area (Å²) in [6, 6.07) is 4.78. The van der Waals surface area contributed by atoms with Gasteiger partial charge in [0.2, 0.25) is 0 Å². The fourth-order valence-electron chi connectivity index (χ4n) is 1.70. The van der Waals surface area contributed by atoms with E-state index in [2.05, 4.69) is 10.1 Å². The zero-order valence-electron chi connectivity index (χ0n) is 11.6. The van der Waals surface area contributed by atoms with Crippen molar-refractivity contribution in [2.45, 2.75) is 18.2 Å². The van der Waals surface area contributed by atoms with Crippen LogP contribution in [0.5, 0.6) is 0 Å². The molecule has 2 aromatic rings. The number of carbonyl (C=O) groups excluding carboxylic acids is 1. The number of rotatable bonds is 4. The number of hydrogen-bond donors (Lipinski definition) is 0. The number of halogens is 4. The Labute approximate surface area is 147 Å². The molecule has 0 fully saturated rings. The maximum Gasteiger partial charge on any atom is 0.378 e. The number of aromatic nitrogens is 3. The summed E-state index contributed by atoms with van der Waals surface area (Å²) in [7, 11) is 0. The van der Waals surface area contributed by atoms with E-state index in [0.29, 0.717) is 15.7 Å². The Morgan fingerprint density at radius 3 is 2.59 bits per heavy atom. The highest BCUT2D eigenvalue weighted by Gasteiger charge is 2.31. The van der Waals surface area contributed by atoms with Gasteiger partial charge in [0.25, 0.3) is 5.82 Å². The van der Waals surface area contributed by atoms with Crippen molar-refractivity contribution in [3.8, 4) is 5.69 Å². The van der Waals surface area contributed by atoms with Gasteiger partial charge in [-0.25, -0.2) is 14.5 Å². The summed E-state index contributed by atoms with van der Waals surface area (Å²) in [6.07, 6.45) is 0. The maximum absolute atomic E-state index is 11.8. The molecular weight excluding hydrogens is 372 g/mol. The van der Waals surface area contributed by atoms with Crippen molar-refractivity contribution in [3.63, 3.8) is 0 Å². The van der Waals surface area contributed by atoms with E-state index in [9.17, 15) is 4.79 Å². The molecule has 0 saturated carbocycles. The molecule has 1 heterocycles. The van der Waals surface area contributed by atoms with Gasteiger partial charge in [-0.15, -0.1) is 5.10 Å². The van der Waals surface area contributed by atoms with Gasteiger partial charge in [-0.05, 0) is 32.0 Å². The minimum atomic E-state index is -1.39. The average Bonchev–Trinajstić information content (AvgIpc) is 2.84. The molecule has 2 rings (SSSR count). The highest BCUT2D eigenvalue weighted by Crippen LogP contribution is 2.34. The van der Waals surface area contributed by atoms with Crippen LogP contribution in [0.4, 0.5) is 0 Å². The minimum absolute atomic E-state index is 0.142. The summed E-state index contributed by atoms with van der Waals surface area (Å²) in [4.78, 5) is 15.9. The Bertz CT molecular complexity index is 710. The quantitative estimate of drug-likeness (QED) is 0.580. The molecule has 1 aromatic carbocycles. The molecule has 0 aliphatic rings. The van der Waals surface area contributed by atoms with Crippen molar-refractivity contribution < 1.29 is 9.53 Å². The van der Waals surface area contributed by atoms with Gasteiger partial charge >= 0.3 is 5.97 Å². The van der Waals surface area contributed by atoms with Crippen LogP contribution in [0, 0.1) is 0 Å². The molecule has 0 spiro atoms. The first-order valence-corrected chi connectivity index (χ1v) is 7.73. The normalized spacial score (nSPS) is 11.5. The Morgan fingerprint density at radius 2 is 2.05 bits per heavy atom. The number of nitrogens with zero attached hydrogens (tertiary/aromatic N) is 3. The topological polar surface area (TPSA) is 57.0 Å². The second kappa shape index (κ2) is 6.62. The predicted octanol–water partition coefficient (Wildman–Crippen LogP) is 4.40. The molecule has 5 nitrogen and oxygen atoms in total. The van der Waals surface area contributed by atoms with E-state index in [1.807, 2.05) is 0 Å². The van der Waals surface area contributed by atoms with Gasteiger partial charge in [0.05, 0.1) is 17.3 Å². The third-order valence-electron chi connectivity index (χ3n) is 2.60. The molecule has 0 N–H and O–H groups in total. The van der Waals surface area contributed by atoms with Crippen molar-refractivity contribution >= 4 is 52.4 Å². The van der Waals surface area contributed by atoms with E-state index >= 15 is 0 Å². The monoisotopic (exact) mass is 381 g/mol. The van der Waals surface area contributed by atoms with Crippen molar-refractivity contribution in [2.75, 3.05) is 6.61 Å². The van der Waals surface area contributed by atoms with Gasteiger partial charge in [-0.1, -0.05) is 46.4 Å². The molecule has 118 valence electrons. The first-order chi connectivity index (χ1) is 10.2. The van der Waals surface area contributed by atoms with Crippen LogP contribution in [-0.2, 0) is 9.07 Å². The fraction of sp³-hybridized carbons (Fsp3) is 0.308. The molecule has 0 amide bonds. The lowest BCUT2D eigenvalue weighted by molar-refractivity contribution is 0.0512. The minimum Gasteiger partial charge on any atom is -0.460 e. The first kappa shape index (κ1) is 17.3. The van der Waals surface area contributed by atoms with Gasteiger partial charge in [0.15, 0.2) is 10.2 Å². The number of carbonyl (C=O) groups is 1. The SMILES string of the molecule is CCOC(=O)c1nc(C(C)(Cl)Cl)n(-c2ccc(Cl)cc2Cl)n1. The number of hydrogen-bond acceptors (Lipinski definition) is 4. The number of benzene rings is 1. The molecule has 0 aliphatic heterocycles. The van der Waals surface area contributed by atoms with Crippen LogP contribution >= 0.6 is 46.4 Å². The molecule has 9 heteroatoms. The van der Waals surface area contributed by atoms with Crippen molar-refractivity contribution in [1.82, 2.24) is 14.8 Å². The molecule has 0 saturated heterocycles. The second-order valence-electron chi connectivity index (χ2n) is 4.38. The standard InChI is InChI=1S/C13H11Cl4N3O2/c1-3-22-11(21)10-18-12(13(2,16)17)20(19-10)9-5-4-7(14)6-8(9)15/h4-6H,3H2,1-2H3. The number of alkyl halides is 2. The van der Waals surface area contributed by atoms with Gasteiger partial charge in [-0.2, -0.15) is 0 Å². The van der Waals surface area contributed by atoms with E-state index in [1.54, 1.807) is 19.1 Å². The lowest BCUT2D eigenvalue weighted by Crippen LogP contribution is -2.14. The highest BCUT2D eigenvalue weighted by molar-refractivity contribution is 6.47. The van der Waals surface area contributed by atoms with Crippen LogP contribution in [0.15, 0.2) is 18.2 Å². The Morgan fingerprint density at radius 1 is 1.36 bits per heavy atom. The van der Waals surface area contributed by atoms with Crippen LogP contribution in [0.1, 0.15) is 30.3 Å². The van der Waals surface area contributed by atoms with Crippen LogP contribution in [0.2, 0.25) is 10.0 Å². The zero-order valence-corrected chi connectivity index (χ0v) is 14.6. The number of esters is 1. The summed E-state index contributed by atoms with van der Waals surface area (Å²) in [6.45, 7) is 3.39. The largest absolute Gasteiger partial charge is 0.460 e. The lowest BCUT2D eigenvalue weighted by atomic mass is 10.3. The molecule has 0 aliphatic carbocycles. The first-order valence-electron chi connectivity index (χ1n) is 6.22. The summed E-state index contributed by atoms with van der Waals surface area (Å²) < 4.78 is 4.78. The van der Waals surface area contributed by atoms with Gasteiger partial charge in [0, 0.05) is 5.02 Å². The van der Waals surface area contributed by atoms with Gasteiger partial charge in [0.1, 0.15) is 0 Å². The second-order valence-corrected chi connectivity index (χ2v) is 6.92. The van der Waals surface area contributed by atoms with E-state index in [4.69, 9.17) is 51.1 Å². The summed E-state index contributed by atoms with van der Waals surface area (Å²) in [5, 5.41) is 4.86. The summed E-state index contributed by atoms with van der Waals surface area (Å²) in [5.41, 5.74) is 0.441. The van der Waals surface area contributed by atoms with Crippen molar-refractivity contribution in [1.29, 1.82) is 0 Å². The summed E-state index contributed by atoms with van der Waals surface area (Å²) in [5.74, 6) is -0.691. The smallest absolute Gasteiger partial charge is 0.378 e. The summed E-state index contributed by atoms with van der Waals surface area (Å²) >= 11 is 24.3. The van der Waals surface area contributed by atoms with Crippen LogP contribution < -0.4 is 0 Å². The van der Waals surface area contributed by atoms with Crippen LogP contribution in [0.3, 0.4) is 0 Å². The van der Waals surface area contributed by atoms with E-state index < -0.39 is 10.3 Å². The third kappa shape index (κ3) is 3.66. The van der Waals surface area contributed by atoms with E-state index in [-0.39, 0.29) is 18.3 Å². The highest BCUT2D eigenvalue weighted by atomic mass is 35.5. The molecule has 1 aromatic heterocycles. The molecule has 0 radical (unpaired) electrons. The third-order valence-corrected chi connectivity index (χ3v) is 3.47. The maximum atomic E-state index is 11.8. The predicted molar refractivity (Wildman–Crippen MR) is 86.4 cm³/mol. The molecule has 22 heavy (non-hydrogen) atoms. The lowest BCUT2D eigenvalue weighted by Gasteiger charge is -2.14. The fourth-order valence-corrected chi connectivity index (χ4v) is 2.43. The number of ether oxygens (including phenoxy) is 1. The van der Waals surface area contributed by atoms with Crippen molar-refractivity contribution in [2.24, 2.45) is 0 Å². The van der Waals surface area contributed by atoms with Gasteiger partial charge in [-0.3, -0.25) is 0 Å². The molecule has 0 unspecified atom stereocenters. The van der Waals surface area contributed by atoms with Crippen LogP contribution in [0.25, 0.3) is 5.69 Å². The molecule has 0 bridgehead atoms. The molecular formula is C13H11Cl4N3O2. The van der Waals surface area contributed by atoms with E-state index in [0.717, 1.165) is 0 Å². The van der Waals surface area contributed by atoms with Gasteiger partial charge < -0.3 is 4.74 Å². The average molecular weight is 383 g/mol. The molecule has 0 atom stereocenters.